The summed E-state index contributed by atoms with van der Waals surface area (Å²) < 4.78 is 11.6. The van der Waals surface area contributed by atoms with E-state index in [9.17, 15) is 24.4 Å². The van der Waals surface area contributed by atoms with Gasteiger partial charge in [0.2, 0.25) is 11.8 Å². The molecule has 0 spiro atoms. The second-order valence-corrected chi connectivity index (χ2v) is 13.2. The number of ether oxygens (including phenoxy) is 2. The summed E-state index contributed by atoms with van der Waals surface area (Å²) in [5, 5.41) is 16.0. The fourth-order valence-corrected chi connectivity index (χ4v) is 7.43. The van der Waals surface area contributed by atoms with Crippen LogP contribution < -0.4 is 15.4 Å². The van der Waals surface area contributed by atoms with Crippen molar-refractivity contribution in [2.45, 2.75) is 56.7 Å². The lowest BCUT2D eigenvalue weighted by Gasteiger charge is -2.42. The van der Waals surface area contributed by atoms with Crippen molar-refractivity contribution in [3.63, 3.8) is 0 Å². The summed E-state index contributed by atoms with van der Waals surface area (Å²) in [4.78, 5) is 64.5. The number of fused-ring (bicyclic) bond motifs is 2. The fraction of sp³-hybridized carbons (Fsp3) is 0.472. The highest BCUT2D eigenvalue weighted by atomic mass is 16.5. The number of anilines is 1. The second kappa shape index (κ2) is 14.9. The van der Waals surface area contributed by atoms with Gasteiger partial charge in [-0.25, -0.2) is 9.97 Å². The maximum absolute atomic E-state index is 13.0. The predicted octanol–water partition coefficient (Wildman–Crippen LogP) is 2.34. The molecule has 1 saturated carbocycles. The third-order valence-electron chi connectivity index (χ3n) is 10.2. The van der Waals surface area contributed by atoms with Crippen LogP contribution in [-0.4, -0.2) is 119 Å². The minimum Gasteiger partial charge on any atom is -0.491 e. The molecule has 4 aliphatic rings. The largest absolute Gasteiger partial charge is 0.491 e. The molecular weight excluding hydrogens is 640 g/mol. The Morgan fingerprint density at radius 2 is 1.68 bits per heavy atom. The van der Waals surface area contributed by atoms with Gasteiger partial charge in [-0.2, -0.15) is 5.26 Å². The zero-order valence-corrected chi connectivity index (χ0v) is 27.8. The van der Waals surface area contributed by atoms with Gasteiger partial charge in [-0.1, -0.05) is 0 Å². The summed E-state index contributed by atoms with van der Waals surface area (Å²) in [6, 6.07) is 12.3. The standard InChI is InChI=1S/C36H40N8O6/c37-21-23-1-8-30-29(19-23)33(39-22-38-30)40-24-2-4-25(5-3-24)43-13-11-42(12-14-43)15-16-49-17-18-50-26-6-7-27-28(20-26)36(48)44(35(27)47)31-9-10-32(45)41-34(31)46/h1,6-8,19-20,22,24-25,31H,2-5,9-18H2,(H,38,39,40)(H,41,45,46). The molecule has 1 atom stereocenters. The Hall–Kier alpha value is -4.97. The average molecular weight is 681 g/mol. The van der Waals surface area contributed by atoms with Crippen molar-refractivity contribution >= 4 is 40.3 Å². The van der Waals surface area contributed by atoms with Crippen LogP contribution in [0.4, 0.5) is 5.82 Å². The lowest BCUT2D eigenvalue weighted by molar-refractivity contribution is -0.136. The number of hydrogen-bond donors (Lipinski definition) is 2. The van der Waals surface area contributed by atoms with E-state index in [1.165, 1.54) is 12.1 Å². The van der Waals surface area contributed by atoms with E-state index in [-0.39, 0.29) is 30.6 Å². The zero-order chi connectivity index (χ0) is 34.6. The lowest BCUT2D eigenvalue weighted by Crippen LogP contribution is -2.54. The molecule has 2 aromatic carbocycles. The lowest BCUT2D eigenvalue weighted by atomic mass is 9.89. The molecule has 0 radical (unpaired) electrons. The highest BCUT2D eigenvalue weighted by Gasteiger charge is 2.44. The van der Waals surface area contributed by atoms with E-state index in [0.29, 0.717) is 36.6 Å². The van der Waals surface area contributed by atoms with Gasteiger partial charge in [0.05, 0.1) is 41.5 Å². The average Bonchev–Trinajstić information content (AvgIpc) is 3.38. The number of nitriles is 1. The summed E-state index contributed by atoms with van der Waals surface area (Å²) in [6.07, 6.45) is 6.19. The summed E-state index contributed by atoms with van der Waals surface area (Å²) >= 11 is 0. The Kier molecular flexibility index (Phi) is 9.97. The van der Waals surface area contributed by atoms with E-state index in [0.717, 1.165) is 80.0 Å². The van der Waals surface area contributed by atoms with Crippen molar-refractivity contribution in [1.29, 1.82) is 5.26 Å². The Bertz CT molecular complexity index is 1830. The number of rotatable bonds is 11. The molecule has 3 aromatic rings. The minimum atomic E-state index is -0.997. The number of benzene rings is 2. The number of amides is 4. The van der Waals surface area contributed by atoms with Gasteiger partial charge in [0.1, 0.15) is 30.5 Å². The van der Waals surface area contributed by atoms with Gasteiger partial charge in [0, 0.05) is 56.6 Å². The third kappa shape index (κ3) is 7.16. The van der Waals surface area contributed by atoms with Crippen molar-refractivity contribution in [3.8, 4) is 11.8 Å². The smallest absolute Gasteiger partial charge is 0.262 e. The van der Waals surface area contributed by atoms with E-state index in [1.54, 1.807) is 18.5 Å². The number of piperidine rings is 1. The Labute approximate surface area is 289 Å². The van der Waals surface area contributed by atoms with Crippen LogP contribution in [0, 0.1) is 11.3 Å². The van der Waals surface area contributed by atoms with Crippen molar-refractivity contribution in [1.82, 2.24) is 30.0 Å². The van der Waals surface area contributed by atoms with E-state index in [2.05, 4.69) is 36.5 Å². The van der Waals surface area contributed by atoms with Gasteiger partial charge in [-0.15, -0.1) is 0 Å². The molecule has 0 bridgehead atoms. The quantitative estimate of drug-likeness (QED) is 0.224. The van der Waals surface area contributed by atoms with Crippen LogP contribution in [0.2, 0.25) is 0 Å². The normalized spacial score (nSPS) is 23.1. The molecule has 2 N–H and O–H groups in total. The van der Waals surface area contributed by atoms with Gasteiger partial charge in [0.15, 0.2) is 0 Å². The molecule has 260 valence electrons. The summed E-state index contributed by atoms with van der Waals surface area (Å²) in [5.74, 6) is -0.901. The molecule has 7 rings (SSSR count). The predicted molar refractivity (Wildman–Crippen MR) is 181 cm³/mol. The maximum atomic E-state index is 13.0. The minimum absolute atomic E-state index is 0.0756. The number of imide groups is 2. The van der Waals surface area contributed by atoms with Gasteiger partial charge in [-0.3, -0.25) is 39.2 Å². The SMILES string of the molecule is N#Cc1ccc2ncnc(NC3CCC(N4CCN(CCOCCOc5ccc6c(c5)C(=O)N(C5CCC(=O)NC5=O)C6=O)CC4)CC3)c2c1. The second-order valence-electron chi connectivity index (χ2n) is 13.2. The molecule has 4 amide bonds. The first-order valence-corrected chi connectivity index (χ1v) is 17.3. The van der Waals surface area contributed by atoms with Crippen molar-refractivity contribution < 1.29 is 28.7 Å². The third-order valence-corrected chi connectivity index (χ3v) is 10.2. The number of aromatic nitrogens is 2. The van der Waals surface area contributed by atoms with Crippen LogP contribution in [-0.2, 0) is 14.3 Å². The number of hydrogen-bond acceptors (Lipinski definition) is 12. The van der Waals surface area contributed by atoms with E-state index in [1.807, 2.05) is 12.1 Å². The molecular formula is C36H40N8O6. The van der Waals surface area contributed by atoms with E-state index < -0.39 is 29.7 Å². The number of carbonyl (C=O) groups excluding carboxylic acids is 4. The number of nitrogens with zero attached hydrogens (tertiary/aromatic N) is 6. The Morgan fingerprint density at radius 1 is 0.880 bits per heavy atom. The highest BCUT2D eigenvalue weighted by molar-refractivity contribution is 6.23. The van der Waals surface area contributed by atoms with Crippen LogP contribution in [0.5, 0.6) is 5.75 Å². The number of nitrogens with one attached hydrogen (secondary N) is 2. The molecule has 3 aliphatic heterocycles. The zero-order valence-electron chi connectivity index (χ0n) is 27.8. The van der Waals surface area contributed by atoms with Crippen molar-refractivity contribution in [2.24, 2.45) is 0 Å². The van der Waals surface area contributed by atoms with Gasteiger partial charge < -0.3 is 14.8 Å². The topological polar surface area (TPSA) is 170 Å². The number of carbonyl (C=O) groups is 4. The molecule has 4 heterocycles. The van der Waals surface area contributed by atoms with Crippen LogP contribution in [0.1, 0.15) is 64.8 Å². The molecule has 14 nitrogen and oxygen atoms in total. The summed E-state index contributed by atoms with van der Waals surface area (Å²) in [6.45, 7) is 6.20. The molecule has 1 unspecified atom stereocenters. The van der Waals surface area contributed by atoms with Crippen LogP contribution in [0.15, 0.2) is 42.7 Å². The first-order chi connectivity index (χ1) is 24.4. The molecule has 1 aliphatic carbocycles. The molecule has 50 heavy (non-hydrogen) atoms. The van der Waals surface area contributed by atoms with Gasteiger partial charge >= 0.3 is 0 Å². The van der Waals surface area contributed by atoms with E-state index in [4.69, 9.17) is 9.47 Å². The van der Waals surface area contributed by atoms with Crippen LogP contribution >= 0.6 is 0 Å². The first kappa shape index (κ1) is 33.5. The Balaban J connectivity index is 0.785. The molecule has 3 fully saturated rings. The van der Waals surface area contributed by atoms with Crippen molar-refractivity contribution in [3.05, 3.63) is 59.4 Å². The van der Waals surface area contributed by atoms with Crippen molar-refractivity contribution in [2.75, 3.05) is 57.9 Å². The Morgan fingerprint density at radius 3 is 2.46 bits per heavy atom. The van der Waals surface area contributed by atoms with Gasteiger partial charge in [-0.05, 0) is 68.5 Å². The molecule has 1 aromatic heterocycles. The van der Waals surface area contributed by atoms with Crippen LogP contribution in [0.3, 0.4) is 0 Å². The fourth-order valence-electron chi connectivity index (χ4n) is 7.43. The molecule has 2 saturated heterocycles. The first-order valence-electron chi connectivity index (χ1n) is 17.3. The van der Waals surface area contributed by atoms with Crippen LogP contribution in [0.25, 0.3) is 10.9 Å². The van der Waals surface area contributed by atoms with E-state index >= 15 is 0 Å². The summed E-state index contributed by atoms with van der Waals surface area (Å²) in [5.41, 5.74) is 1.85. The van der Waals surface area contributed by atoms with Gasteiger partial charge in [0.25, 0.3) is 11.8 Å². The molecule has 14 heteroatoms. The monoisotopic (exact) mass is 680 g/mol. The highest BCUT2D eigenvalue weighted by Crippen LogP contribution is 2.31. The number of piperazine rings is 1. The summed E-state index contributed by atoms with van der Waals surface area (Å²) in [7, 11) is 0. The maximum Gasteiger partial charge on any atom is 0.262 e.